The topological polar surface area (TPSA) is 88.4 Å². The Hall–Kier alpha value is -1.67. The molecule has 6 nitrogen and oxygen atoms in total. The molecule has 0 saturated carbocycles. The second-order valence-electron chi connectivity index (χ2n) is 8.31. The van der Waals surface area contributed by atoms with Gasteiger partial charge in [0, 0.05) is 24.3 Å². The molecule has 2 aliphatic heterocycles. The highest BCUT2D eigenvalue weighted by Gasteiger charge is 2.29. The Morgan fingerprint density at radius 2 is 1.82 bits per heavy atom. The van der Waals surface area contributed by atoms with Crippen molar-refractivity contribution in [2.24, 2.45) is 0 Å². The molecule has 0 radical (unpaired) electrons. The van der Waals surface area contributed by atoms with E-state index in [-0.39, 0.29) is 24.9 Å². The largest absolute Gasteiger partial charge is 0.488 e. The standard InChI is InChI=1S/C24H29ClO6.C2H6/c25-21-6-3-16(24-12-18(27)11-20(13-26)31-24)10-17(21)9-15-1-4-19(5-2-15)30-23-7-8-29-14-22(23)28;1-2/h1-6,10,18,20,22-24,26-28H,7-9,11-14H2;1-2H3/t18-,20-,22?,23?,24+;/m0./s1. The molecule has 2 aromatic rings. The molecule has 2 saturated heterocycles. The van der Waals surface area contributed by atoms with Crippen LogP contribution >= 0.6 is 11.6 Å². The molecule has 0 spiro atoms. The van der Waals surface area contributed by atoms with Gasteiger partial charge in [-0.05, 0) is 41.3 Å². The van der Waals surface area contributed by atoms with Crippen LogP contribution in [-0.2, 0) is 15.9 Å². The number of hydrogen-bond acceptors (Lipinski definition) is 6. The minimum absolute atomic E-state index is 0.104. The van der Waals surface area contributed by atoms with Crippen molar-refractivity contribution in [3.63, 3.8) is 0 Å². The molecule has 2 aliphatic rings. The Morgan fingerprint density at radius 3 is 2.52 bits per heavy atom. The number of rotatable bonds is 6. The average molecular weight is 479 g/mol. The molecule has 7 heteroatoms. The van der Waals surface area contributed by atoms with Crippen LogP contribution in [-0.4, -0.2) is 59.6 Å². The SMILES string of the molecule is CC.OC[C@@H]1C[C@H](O)C[C@H](c2ccc(Cl)c(Cc3ccc(OC4CCOCC4O)cc3)c2)O1. The molecule has 2 aromatic carbocycles. The van der Waals surface area contributed by atoms with Crippen LogP contribution in [0.15, 0.2) is 42.5 Å². The maximum absolute atomic E-state index is 10.1. The van der Waals surface area contributed by atoms with Crippen molar-refractivity contribution in [1.29, 1.82) is 0 Å². The maximum Gasteiger partial charge on any atom is 0.129 e. The Bertz CT molecular complexity index is 858. The minimum atomic E-state index is -0.610. The van der Waals surface area contributed by atoms with Crippen LogP contribution < -0.4 is 4.74 Å². The zero-order chi connectivity index (χ0) is 23.8. The van der Waals surface area contributed by atoms with E-state index in [1.54, 1.807) is 0 Å². The van der Waals surface area contributed by atoms with Crippen molar-refractivity contribution in [2.75, 3.05) is 19.8 Å². The molecule has 4 rings (SSSR count). The number of aliphatic hydroxyl groups excluding tert-OH is 3. The fourth-order valence-electron chi connectivity index (χ4n) is 4.17. The quantitative estimate of drug-likeness (QED) is 0.580. The first kappa shape index (κ1) is 25.9. The first-order valence-electron chi connectivity index (χ1n) is 11.8. The average Bonchev–Trinajstić information content (AvgIpc) is 2.84. The summed E-state index contributed by atoms with van der Waals surface area (Å²) in [6.07, 6.45) is 0.297. The van der Waals surface area contributed by atoms with Crippen LogP contribution in [0.1, 0.15) is 55.9 Å². The van der Waals surface area contributed by atoms with E-state index in [2.05, 4.69) is 0 Å². The highest BCUT2D eigenvalue weighted by molar-refractivity contribution is 6.31. The van der Waals surface area contributed by atoms with Gasteiger partial charge in [-0.3, -0.25) is 0 Å². The predicted molar refractivity (Wildman–Crippen MR) is 128 cm³/mol. The molecule has 2 unspecified atom stereocenters. The third-order valence-corrected chi connectivity index (χ3v) is 6.26. The molecule has 5 atom stereocenters. The Kier molecular flexibility index (Phi) is 9.98. The molecule has 0 aliphatic carbocycles. The number of benzene rings is 2. The lowest BCUT2D eigenvalue weighted by atomic mass is 9.94. The van der Waals surface area contributed by atoms with Gasteiger partial charge in [-0.25, -0.2) is 0 Å². The third-order valence-electron chi connectivity index (χ3n) is 5.89. The second-order valence-corrected chi connectivity index (χ2v) is 8.72. The summed E-state index contributed by atoms with van der Waals surface area (Å²) < 4.78 is 17.1. The Balaban J connectivity index is 0.00000149. The van der Waals surface area contributed by atoms with Gasteiger partial charge >= 0.3 is 0 Å². The van der Waals surface area contributed by atoms with Gasteiger partial charge in [-0.1, -0.05) is 49.7 Å². The number of aliphatic hydroxyl groups is 3. The maximum atomic E-state index is 10.1. The van der Waals surface area contributed by atoms with Crippen LogP contribution in [0.25, 0.3) is 0 Å². The summed E-state index contributed by atoms with van der Waals surface area (Å²) in [6, 6.07) is 13.6. The second kappa shape index (κ2) is 12.7. The van der Waals surface area contributed by atoms with E-state index in [1.165, 1.54) is 0 Å². The van der Waals surface area contributed by atoms with Gasteiger partial charge in [0.2, 0.25) is 0 Å². The van der Waals surface area contributed by atoms with Crippen molar-refractivity contribution in [3.8, 4) is 5.75 Å². The van der Waals surface area contributed by atoms with Gasteiger partial charge in [0.1, 0.15) is 18.0 Å². The van der Waals surface area contributed by atoms with E-state index < -0.39 is 12.2 Å². The lowest BCUT2D eigenvalue weighted by molar-refractivity contribution is -0.113. The van der Waals surface area contributed by atoms with Gasteiger partial charge in [-0.2, -0.15) is 0 Å². The first-order chi connectivity index (χ1) is 16.0. The molecule has 0 amide bonds. The van der Waals surface area contributed by atoms with Crippen molar-refractivity contribution >= 4 is 11.6 Å². The van der Waals surface area contributed by atoms with Crippen LogP contribution in [0, 0.1) is 0 Å². The van der Waals surface area contributed by atoms with Crippen molar-refractivity contribution in [1.82, 2.24) is 0 Å². The van der Waals surface area contributed by atoms with Gasteiger partial charge < -0.3 is 29.5 Å². The van der Waals surface area contributed by atoms with E-state index in [9.17, 15) is 15.3 Å². The van der Waals surface area contributed by atoms with E-state index in [4.69, 9.17) is 25.8 Å². The van der Waals surface area contributed by atoms with Gasteiger partial charge in [-0.15, -0.1) is 0 Å². The molecule has 0 bridgehead atoms. The lowest BCUT2D eigenvalue weighted by Crippen LogP contribution is -2.40. The summed E-state index contributed by atoms with van der Waals surface area (Å²) in [5.74, 6) is 0.717. The van der Waals surface area contributed by atoms with E-state index in [1.807, 2.05) is 56.3 Å². The van der Waals surface area contributed by atoms with Crippen molar-refractivity contribution in [3.05, 3.63) is 64.2 Å². The fraction of sp³-hybridized carbons (Fsp3) is 0.538. The molecule has 2 heterocycles. The molecule has 0 aromatic heterocycles. The van der Waals surface area contributed by atoms with Gasteiger partial charge in [0.05, 0.1) is 38.1 Å². The lowest BCUT2D eigenvalue weighted by Gasteiger charge is -2.32. The van der Waals surface area contributed by atoms with Crippen molar-refractivity contribution < 1.29 is 29.5 Å². The summed E-state index contributed by atoms with van der Waals surface area (Å²) in [7, 11) is 0. The summed E-state index contributed by atoms with van der Waals surface area (Å²) in [5, 5.41) is 30.2. The Labute approximate surface area is 201 Å². The highest BCUT2D eigenvalue weighted by atomic mass is 35.5. The molecule has 182 valence electrons. The van der Waals surface area contributed by atoms with Gasteiger partial charge in [0.25, 0.3) is 0 Å². The zero-order valence-corrected chi connectivity index (χ0v) is 20.1. The molecule has 33 heavy (non-hydrogen) atoms. The molecule has 2 fully saturated rings. The minimum Gasteiger partial charge on any atom is -0.488 e. The summed E-state index contributed by atoms with van der Waals surface area (Å²) in [5.41, 5.74) is 3.00. The summed E-state index contributed by atoms with van der Waals surface area (Å²) >= 11 is 6.45. The summed E-state index contributed by atoms with van der Waals surface area (Å²) in [4.78, 5) is 0. The van der Waals surface area contributed by atoms with Crippen LogP contribution in [0.4, 0.5) is 0 Å². The Morgan fingerprint density at radius 1 is 1.06 bits per heavy atom. The number of halogens is 1. The number of ether oxygens (including phenoxy) is 3. The third kappa shape index (κ3) is 7.15. The molecular formula is C26H35ClO6. The highest BCUT2D eigenvalue weighted by Crippen LogP contribution is 2.34. The van der Waals surface area contributed by atoms with Crippen LogP contribution in [0.2, 0.25) is 5.02 Å². The first-order valence-corrected chi connectivity index (χ1v) is 12.1. The number of hydrogen-bond donors (Lipinski definition) is 3. The van der Waals surface area contributed by atoms with E-state index in [0.29, 0.717) is 49.7 Å². The van der Waals surface area contributed by atoms with Crippen LogP contribution in [0.5, 0.6) is 5.75 Å². The molecule has 3 N–H and O–H groups in total. The normalized spacial score (nSPS) is 27.4. The summed E-state index contributed by atoms with van der Waals surface area (Å²) in [6.45, 7) is 4.79. The smallest absolute Gasteiger partial charge is 0.129 e. The monoisotopic (exact) mass is 478 g/mol. The van der Waals surface area contributed by atoms with Crippen molar-refractivity contribution in [2.45, 2.75) is 70.1 Å². The molecular weight excluding hydrogens is 444 g/mol. The predicted octanol–water partition coefficient (Wildman–Crippen LogP) is 4.06. The fourth-order valence-corrected chi connectivity index (χ4v) is 4.36. The van der Waals surface area contributed by atoms with Gasteiger partial charge in [0.15, 0.2) is 0 Å². The van der Waals surface area contributed by atoms with Crippen LogP contribution in [0.3, 0.4) is 0 Å². The van der Waals surface area contributed by atoms with E-state index in [0.717, 1.165) is 16.7 Å². The van der Waals surface area contributed by atoms with E-state index >= 15 is 0 Å². The zero-order valence-electron chi connectivity index (χ0n) is 19.3.